The second kappa shape index (κ2) is 19.3. The zero-order valence-electron chi connectivity index (χ0n) is 20.5. The van der Waals surface area contributed by atoms with Gasteiger partial charge in [-0.25, -0.2) is 0 Å². The standard InChI is InChI=1S/C27H54N2/c1-4-7-10-13-14-15-16-17-18-21-24-29-26-25-28(23-20-12-9-6-3)27(29)22-19-11-8-5-2/h25-27H,4-24H2,1-3H3. The summed E-state index contributed by atoms with van der Waals surface area (Å²) in [5.74, 6) is 0. The van der Waals surface area contributed by atoms with Crippen LogP contribution in [0.2, 0.25) is 0 Å². The van der Waals surface area contributed by atoms with E-state index in [4.69, 9.17) is 0 Å². The molecule has 0 aromatic heterocycles. The van der Waals surface area contributed by atoms with Crippen LogP contribution >= 0.6 is 0 Å². The maximum Gasteiger partial charge on any atom is 0.101 e. The van der Waals surface area contributed by atoms with Gasteiger partial charge in [0.15, 0.2) is 0 Å². The number of rotatable bonds is 21. The molecule has 0 saturated heterocycles. The van der Waals surface area contributed by atoms with Gasteiger partial charge in [0.1, 0.15) is 6.17 Å². The summed E-state index contributed by atoms with van der Waals surface area (Å²) in [7, 11) is 0. The van der Waals surface area contributed by atoms with E-state index in [2.05, 4.69) is 43.0 Å². The Kier molecular flexibility index (Phi) is 17.6. The van der Waals surface area contributed by atoms with E-state index in [-0.39, 0.29) is 0 Å². The van der Waals surface area contributed by atoms with Gasteiger partial charge in [0.2, 0.25) is 0 Å². The molecule has 0 aliphatic carbocycles. The van der Waals surface area contributed by atoms with Gasteiger partial charge < -0.3 is 9.80 Å². The van der Waals surface area contributed by atoms with E-state index in [0.717, 1.165) is 0 Å². The van der Waals surface area contributed by atoms with Crippen molar-refractivity contribution >= 4 is 0 Å². The highest BCUT2D eigenvalue weighted by atomic mass is 15.4. The Hall–Kier alpha value is -0.660. The molecule has 1 unspecified atom stereocenters. The average molecular weight is 407 g/mol. The van der Waals surface area contributed by atoms with Crippen molar-refractivity contribution < 1.29 is 0 Å². The number of unbranched alkanes of at least 4 members (excludes halogenated alkanes) is 15. The lowest BCUT2D eigenvalue weighted by atomic mass is 10.1. The summed E-state index contributed by atoms with van der Waals surface area (Å²) in [6.07, 6.45) is 32.1. The van der Waals surface area contributed by atoms with Crippen molar-refractivity contribution in [3.05, 3.63) is 12.4 Å². The van der Waals surface area contributed by atoms with Gasteiger partial charge in [0, 0.05) is 25.5 Å². The Morgan fingerprint density at radius 1 is 0.448 bits per heavy atom. The lowest BCUT2D eigenvalue weighted by Crippen LogP contribution is -2.39. The van der Waals surface area contributed by atoms with Crippen LogP contribution in [0, 0.1) is 0 Å². The van der Waals surface area contributed by atoms with Crippen LogP contribution in [0.5, 0.6) is 0 Å². The predicted octanol–water partition coefficient (Wildman–Crippen LogP) is 8.87. The SMILES string of the molecule is CCCCCCCCCCCCN1C=CN(CCCCCC)C1CCCCCC. The second-order valence-corrected chi connectivity index (χ2v) is 9.35. The summed E-state index contributed by atoms with van der Waals surface area (Å²) < 4.78 is 0. The van der Waals surface area contributed by atoms with Crippen molar-refractivity contribution in [3.63, 3.8) is 0 Å². The van der Waals surface area contributed by atoms with Gasteiger partial charge in [-0.15, -0.1) is 0 Å². The molecule has 1 aliphatic heterocycles. The molecule has 29 heavy (non-hydrogen) atoms. The quantitative estimate of drug-likeness (QED) is 0.176. The molecule has 0 spiro atoms. The predicted molar refractivity (Wildman–Crippen MR) is 131 cm³/mol. The second-order valence-electron chi connectivity index (χ2n) is 9.35. The zero-order chi connectivity index (χ0) is 21.0. The molecule has 2 nitrogen and oxygen atoms in total. The van der Waals surface area contributed by atoms with E-state index in [9.17, 15) is 0 Å². The van der Waals surface area contributed by atoms with Crippen molar-refractivity contribution in [1.29, 1.82) is 0 Å². The Morgan fingerprint density at radius 2 is 0.793 bits per heavy atom. The lowest BCUT2D eigenvalue weighted by Gasteiger charge is -2.33. The molecule has 0 aromatic rings. The first kappa shape index (κ1) is 26.4. The largest absolute Gasteiger partial charge is 0.356 e. The number of nitrogens with zero attached hydrogens (tertiary/aromatic N) is 2. The van der Waals surface area contributed by atoms with Crippen LogP contribution in [-0.4, -0.2) is 29.1 Å². The van der Waals surface area contributed by atoms with Crippen LogP contribution in [-0.2, 0) is 0 Å². The van der Waals surface area contributed by atoms with Crippen molar-refractivity contribution in [2.45, 2.75) is 149 Å². The molecule has 1 aliphatic rings. The molecular weight excluding hydrogens is 352 g/mol. The molecule has 0 saturated carbocycles. The molecule has 0 radical (unpaired) electrons. The average Bonchev–Trinajstić information content (AvgIpc) is 3.11. The van der Waals surface area contributed by atoms with Crippen LogP contribution in [0.1, 0.15) is 143 Å². The summed E-state index contributed by atoms with van der Waals surface area (Å²) in [5.41, 5.74) is 0. The first-order valence-electron chi connectivity index (χ1n) is 13.5. The van der Waals surface area contributed by atoms with Gasteiger partial charge >= 0.3 is 0 Å². The minimum Gasteiger partial charge on any atom is -0.356 e. The maximum absolute atomic E-state index is 2.66. The van der Waals surface area contributed by atoms with Crippen LogP contribution in [0.4, 0.5) is 0 Å². The Morgan fingerprint density at radius 3 is 1.24 bits per heavy atom. The fraction of sp³-hybridized carbons (Fsp3) is 0.926. The Bertz CT molecular complexity index is 366. The monoisotopic (exact) mass is 406 g/mol. The van der Waals surface area contributed by atoms with Gasteiger partial charge in [-0.2, -0.15) is 0 Å². The molecule has 0 aromatic carbocycles. The Balaban J connectivity index is 2.20. The maximum atomic E-state index is 2.66. The van der Waals surface area contributed by atoms with Gasteiger partial charge in [-0.1, -0.05) is 117 Å². The van der Waals surface area contributed by atoms with E-state index >= 15 is 0 Å². The molecule has 1 heterocycles. The molecule has 1 rings (SSSR count). The first-order valence-corrected chi connectivity index (χ1v) is 13.5. The van der Waals surface area contributed by atoms with E-state index in [1.54, 1.807) is 0 Å². The summed E-state index contributed by atoms with van der Waals surface area (Å²) in [6.45, 7) is 9.44. The van der Waals surface area contributed by atoms with Crippen LogP contribution < -0.4 is 0 Å². The minimum atomic E-state index is 0.645. The molecule has 1 atom stereocenters. The van der Waals surface area contributed by atoms with Crippen molar-refractivity contribution in [2.24, 2.45) is 0 Å². The normalized spacial score (nSPS) is 16.3. The van der Waals surface area contributed by atoms with Gasteiger partial charge in [0.25, 0.3) is 0 Å². The molecule has 0 fully saturated rings. The zero-order valence-corrected chi connectivity index (χ0v) is 20.5. The minimum absolute atomic E-state index is 0.645. The van der Waals surface area contributed by atoms with Crippen LogP contribution in [0.25, 0.3) is 0 Å². The van der Waals surface area contributed by atoms with Gasteiger partial charge in [0.05, 0.1) is 0 Å². The van der Waals surface area contributed by atoms with E-state index in [1.807, 2.05) is 0 Å². The third-order valence-electron chi connectivity index (χ3n) is 6.57. The molecule has 2 heteroatoms. The fourth-order valence-electron chi connectivity index (χ4n) is 4.60. The van der Waals surface area contributed by atoms with Crippen LogP contribution in [0.3, 0.4) is 0 Å². The van der Waals surface area contributed by atoms with Crippen LogP contribution in [0.15, 0.2) is 12.4 Å². The van der Waals surface area contributed by atoms with Crippen molar-refractivity contribution in [1.82, 2.24) is 9.80 Å². The summed E-state index contributed by atoms with van der Waals surface area (Å²) in [4.78, 5) is 5.31. The number of hydrogen-bond donors (Lipinski definition) is 0. The fourth-order valence-corrected chi connectivity index (χ4v) is 4.60. The highest BCUT2D eigenvalue weighted by Gasteiger charge is 2.24. The van der Waals surface area contributed by atoms with Gasteiger partial charge in [-0.05, 0) is 25.7 Å². The van der Waals surface area contributed by atoms with Crippen molar-refractivity contribution in [2.75, 3.05) is 13.1 Å². The topological polar surface area (TPSA) is 6.48 Å². The Labute approximate surface area is 184 Å². The molecular formula is C27H54N2. The highest BCUT2D eigenvalue weighted by Crippen LogP contribution is 2.23. The highest BCUT2D eigenvalue weighted by molar-refractivity contribution is 4.96. The van der Waals surface area contributed by atoms with Gasteiger partial charge in [-0.3, -0.25) is 0 Å². The molecule has 172 valence electrons. The smallest absolute Gasteiger partial charge is 0.101 e. The summed E-state index contributed by atoms with van der Waals surface area (Å²) in [6, 6.07) is 0. The lowest BCUT2D eigenvalue weighted by molar-refractivity contribution is 0.135. The number of hydrogen-bond acceptors (Lipinski definition) is 2. The first-order chi connectivity index (χ1) is 14.3. The summed E-state index contributed by atoms with van der Waals surface area (Å²) >= 11 is 0. The molecule has 0 bridgehead atoms. The van der Waals surface area contributed by atoms with E-state index < -0.39 is 0 Å². The molecule has 0 N–H and O–H groups in total. The summed E-state index contributed by atoms with van der Waals surface area (Å²) in [5, 5.41) is 0. The third-order valence-corrected chi connectivity index (χ3v) is 6.57. The van der Waals surface area contributed by atoms with Crippen molar-refractivity contribution in [3.8, 4) is 0 Å². The van der Waals surface area contributed by atoms with E-state index in [0.29, 0.717) is 6.17 Å². The van der Waals surface area contributed by atoms with E-state index in [1.165, 1.54) is 135 Å². The molecule has 0 amide bonds. The third kappa shape index (κ3) is 13.3.